The Bertz CT molecular complexity index is 975. The third-order valence-electron chi connectivity index (χ3n) is 5.12. The Kier molecular flexibility index (Phi) is 5.63. The van der Waals surface area contributed by atoms with Crippen molar-refractivity contribution in [1.29, 1.82) is 0 Å². The van der Waals surface area contributed by atoms with Crippen LogP contribution in [-0.4, -0.2) is 22.6 Å². The summed E-state index contributed by atoms with van der Waals surface area (Å²) in [5.41, 5.74) is 3.62. The number of aryl methyl sites for hydroxylation is 1. The van der Waals surface area contributed by atoms with Gasteiger partial charge in [0.25, 0.3) is 0 Å². The van der Waals surface area contributed by atoms with Crippen molar-refractivity contribution in [2.24, 2.45) is 0 Å². The van der Waals surface area contributed by atoms with Crippen LogP contribution in [-0.2, 0) is 6.42 Å². The third kappa shape index (κ3) is 4.20. The van der Waals surface area contributed by atoms with E-state index >= 15 is 0 Å². The summed E-state index contributed by atoms with van der Waals surface area (Å²) in [6.07, 6.45) is 6.46. The molecule has 2 N–H and O–H groups in total. The molecule has 1 unspecified atom stereocenters. The molecule has 0 spiro atoms. The summed E-state index contributed by atoms with van der Waals surface area (Å²) in [7, 11) is 0. The summed E-state index contributed by atoms with van der Waals surface area (Å²) >= 11 is 1.79. The van der Waals surface area contributed by atoms with Crippen LogP contribution >= 0.6 is 11.8 Å². The Hall–Kier alpha value is -2.79. The van der Waals surface area contributed by atoms with Gasteiger partial charge in [0.2, 0.25) is 0 Å². The number of anilines is 1. The summed E-state index contributed by atoms with van der Waals surface area (Å²) in [6, 6.07) is 18.7. The molecule has 28 heavy (non-hydrogen) atoms. The van der Waals surface area contributed by atoms with Crippen LogP contribution in [0, 0.1) is 0 Å². The van der Waals surface area contributed by atoms with E-state index in [1.807, 2.05) is 6.07 Å². The first kappa shape index (κ1) is 18.6. The lowest BCUT2D eigenvalue weighted by molar-refractivity contribution is 0.0698. The zero-order valence-electron chi connectivity index (χ0n) is 15.5. The standard InChI is InChI=1S/C23H22N2O2S/c26-23(27)21-11-12-24-15-22(21)25-14-17-6-4-5-16-13-19(9-10-20(16)17)28-18-7-2-1-3-8-18/h1-3,7-13,15,17,25H,4-6,14H2,(H,26,27). The largest absolute Gasteiger partial charge is 0.478 e. The lowest BCUT2D eigenvalue weighted by atomic mass is 9.83. The highest BCUT2D eigenvalue weighted by atomic mass is 32.2. The molecule has 1 aliphatic rings. The molecule has 0 saturated heterocycles. The van der Waals surface area contributed by atoms with E-state index in [0.29, 0.717) is 18.2 Å². The minimum atomic E-state index is -0.934. The SMILES string of the molecule is O=C(O)c1ccncc1NCC1CCCc2cc(Sc3ccccc3)ccc21. The van der Waals surface area contributed by atoms with Crippen LogP contribution in [0.25, 0.3) is 0 Å². The maximum absolute atomic E-state index is 11.4. The third-order valence-corrected chi connectivity index (χ3v) is 6.12. The fraction of sp³-hybridized carbons (Fsp3) is 0.217. The predicted molar refractivity (Wildman–Crippen MR) is 112 cm³/mol. The first-order chi connectivity index (χ1) is 13.7. The van der Waals surface area contributed by atoms with Crippen LogP contribution < -0.4 is 5.32 Å². The number of nitrogens with zero attached hydrogens (tertiary/aromatic N) is 1. The van der Waals surface area contributed by atoms with Gasteiger partial charge < -0.3 is 10.4 Å². The molecule has 0 radical (unpaired) electrons. The number of carbonyl (C=O) groups is 1. The number of hydrogen-bond acceptors (Lipinski definition) is 4. The van der Waals surface area contributed by atoms with Gasteiger partial charge in [0, 0.05) is 28.5 Å². The van der Waals surface area contributed by atoms with Crippen molar-refractivity contribution in [1.82, 2.24) is 4.98 Å². The summed E-state index contributed by atoms with van der Waals surface area (Å²) in [4.78, 5) is 18.0. The number of rotatable bonds is 6. The van der Waals surface area contributed by atoms with Gasteiger partial charge in [-0.2, -0.15) is 0 Å². The average Bonchev–Trinajstić information content (AvgIpc) is 2.73. The highest BCUT2D eigenvalue weighted by molar-refractivity contribution is 7.99. The second kappa shape index (κ2) is 8.48. The van der Waals surface area contributed by atoms with Crippen LogP contribution in [0.3, 0.4) is 0 Å². The number of fused-ring (bicyclic) bond motifs is 1. The highest BCUT2D eigenvalue weighted by Crippen LogP contribution is 2.36. The van der Waals surface area contributed by atoms with Crippen molar-refractivity contribution >= 4 is 23.4 Å². The van der Waals surface area contributed by atoms with Crippen molar-refractivity contribution in [2.45, 2.75) is 35.0 Å². The number of nitrogens with one attached hydrogen (secondary N) is 1. The number of hydrogen-bond donors (Lipinski definition) is 2. The molecule has 4 rings (SSSR count). The number of aromatic carboxylic acids is 1. The lowest BCUT2D eigenvalue weighted by Crippen LogP contribution is -2.19. The second-order valence-corrected chi connectivity index (χ2v) is 8.12. The van der Waals surface area contributed by atoms with Crippen LogP contribution in [0.15, 0.2) is 76.8 Å². The lowest BCUT2D eigenvalue weighted by Gasteiger charge is -2.27. The van der Waals surface area contributed by atoms with Crippen LogP contribution in [0.5, 0.6) is 0 Å². The van der Waals surface area contributed by atoms with Gasteiger partial charge in [-0.25, -0.2) is 4.79 Å². The molecular weight excluding hydrogens is 368 g/mol. The fourth-order valence-electron chi connectivity index (χ4n) is 3.75. The molecule has 2 aromatic carbocycles. The first-order valence-electron chi connectivity index (χ1n) is 9.47. The summed E-state index contributed by atoms with van der Waals surface area (Å²) in [6.45, 7) is 0.712. The van der Waals surface area contributed by atoms with Gasteiger partial charge in [-0.1, -0.05) is 36.0 Å². The van der Waals surface area contributed by atoms with E-state index in [1.54, 1.807) is 18.0 Å². The van der Waals surface area contributed by atoms with Gasteiger partial charge in [-0.3, -0.25) is 4.98 Å². The number of carboxylic acids is 1. The number of benzene rings is 2. The summed E-state index contributed by atoms with van der Waals surface area (Å²) < 4.78 is 0. The molecule has 4 nitrogen and oxygen atoms in total. The van der Waals surface area contributed by atoms with Crippen molar-refractivity contribution in [3.05, 3.63) is 83.7 Å². The molecule has 1 aromatic heterocycles. The number of carboxylic acid groups (broad SMARTS) is 1. The van der Waals surface area contributed by atoms with Crippen LogP contribution in [0.1, 0.15) is 40.2 Å². The zero-order valence-corrected chi connectivity index (χ0v) is 16.3. The molecule has 1 atom stereocenters. The average molecular weight is 391 g/mol. The minimum Gasteiger partial charge on any atom is -0.478 e. The molecular formula is C23H22N2O2S. The monoisotopic (exact) mass is 390 g/mol. The zero-order chi connectivity index (χ0) is 19.3. The van der Waals surface area contributed by atoms with E-state index in [-0.39, 0.29) is 5.56 Å². The summed E-state index contributed by atoms with van der Waals surface area (Å²) in [5, 5.41) is 12.7. The van der Waals surface area contributed by atoms with E-state index in [2.05, 4.69) is 52.8 Å². The van der Waals surface area contributed by atoms with E-state index in [9.17, 15) is 9.90 Å². The number of pyridine rings is 1. The molecule has 1 heterocycles. The van der Waals surface area contributed by atoms with Gasteiger partial charge in [0.1, 0.15) is 0 Å². The minimum absolute atomic E-state index is 0.264. The molecule has 5 heteroatoms. The van der Waals surface area contributed by atoms with Crippen molar-refractivity contribution in [2.75, 3.05) is 11.9 Å². The topological polar surface area (TPSA) is 62.2 Å². The Morgan fingerprint density at radius 2 is 2.00 bits per heavy atom. The van der Waals surface area contributed by atoms with Crippen molar-refractivity contribution < 1.29 is 9.90 Å². The molecule has 142 valence electrons. The maximum atomic E-state index is 11.4. The van der Waals surface area contributed by atoms with Gasteiger partial charge >= 0.3 is 5.97 Å². The Morgan fingerprint density at radius 1 is 1.14 bits per heavy atom. The van der Waals surface area contributed by atoms with Crippen molar-refractivity contribution in [3.63, 3.8) is 0 Å². The van der Waals surface area contributed by atoms with Crippen molar-refractivity contribution in [3.8, 4) is 0 Å². The quantitative estimate of drug-likeness (QED) is 0.585. The number of aromatic nitrogens is 1. The van der Waals surface area contributed by atoms with Crippen LogP contribution in [0.2, 0.25) is 0 Å². The molecule has 3 aromatic rings. The Labute approximate surface area is 169 Å². The van der Waals surface area contributed by atoms with Crippen LogP contribution in [0.4, 0.5) is 5.69 Å². The molecule has 0 amide bonds. The van der Waals surface area contributed by atoms with E-state index in [1.165, 1.54) is 33.2 Å². The molecule has 0 aliphatic heterocycles. The first-order valence-corrected chi connectivity index (χ1v) is 10.3. The van der Waals surface area contributed by atoms with E-state index < -0.39 is 5.97 Å². The molecule has 0 saturated carbocycles. The Balaban J connectivity index is 1.49. The van der Waals surface area contributed by atoms with Gasteiger partial charge in [0.15, 0.2) is 0 Å². The molecule has 0 fully saturated rings. The Morgan fingerprint density at radius 3 is 2.82 bits per heavy atom. The summed E-state index contributed by atoms with van der Waals surface area (Å²) in [5.74, 6) is -0.558. The normalized spacial score (nSPS) is 15.6. The van der Waals surface area contributed by atoms with Gasteiger partial charge in [-0.15, -0.1) is 0 Å². The van der Waals surface area contributed by atoms with Gasteiger partial charge in [-0.05, 0) is 60.7 Å². The predicted octanol–water partition coefficient (Wildman–Crippen LogP) is 5.46. The second-order valence-electron chi connectivity index (χ2n) is 6.97. The van der Waals surface area contributed by atoms with E-state index in [4.69, 9.17) is 0 Å². The molecule has 1 aliphatic carbocycles. The highest BCUT2D eigenvalue weighted by Gasteiger charge is 2.21. The van der Waals surface area contributed by atoms with E-state index in [0.717, 1.165) is 19.3 Å². The smallest absolute Gasteiger partial charge is 0.337 e. The van der Waals surface area contributed by atoms with Gasteiger partial charge in [0.05, 0.1) is 17.4 Å². The fourth-order valence-corrected chi connectivity index (χ4v) is 4.65. The molecule has 0 bridgehead atoms. The maximum Gasteiger partial charge on any atom is 0.337 e.